The highest BCUT2D eigenvalue weighted by atomic mass is 19.4. The first-order valence-electron chi connectivity index (χ1n) is 11.4. The van der Waals surface area contributed by atoms with E-state index in [9.17, 15) is 22.8 Å². The number of fused-ring (bicyclic) bond motifs is 3. The largest absolute Gasteiger partial charge is 0.573 e. The summed E-state index contributed by atoms with van der Waals surface area (Å²) >= 11 is 0. The van der Waals surface area contributed by atoms with Gasteiger partial charge < -0.3 is 19.3 Å². The molecular formula is C25H22F3N3O5. The molecule has 1 aliphatic heterocycles. The van der Waals surface area contributed by atoms with Gasteiger partial charge in [-0.2, -0.15) is 0 Å². The lowest BCUT2D eigenvalue weighted by molar-refractivity contribution is -0.274. The van der Waals surface area contributed by atoms with E-state index in [-0.39, 0.29) is 23.8 Å². The molecule has 2 aliphatic rings. The van der Waals surface area contributed by atoms with E-state index < -0.39 is 18.6 Å². The van der Waals surface area contributed by atoms with Gasteiger partial charge in [-0.25, -0.2) is 4.79 Å². The zero-order chi connectivity index (χ0) is 25.4. The highest BCUT2D eigenvalue weighted by molar-refractivity contribution is 5.91. The predicted octanol–water partition coefficient (Wildman–Crippen LogP) is 4.86. The van der Waals surface area contributed by atoms with Gasteiger partial charge in [0, 0.05) is 29.3 Å². The molecule has 1 N–H and O–H groups in total. The van der Waals surface area contributed by atoms with Crippen molar-refractivity contribution in [2.45, 2.75) is 38.7 Å². The quantitative estimate of drug-likeness (QED) is 0.537. The monoisotopic (exact) mass is 501 g/mol. The fraction of sp³-hybridized carbons (Fsp3) is 0.320. The molecule has 1 aromatic heterocycles. The molecule has 11 heteroatoms. The number of benzene rings is 2. The summed E-state index contributed by atoms with van der Waals surface area (Å²) in [5.74, 6) is -0.0648. The number of anilines is 1. The van der Waals surface area contributed by atoms with Gasteiger partial charge in [0.05, 0.1) is 13.1 Å². The van der Waals surface area contributed by atoms with Gasteiger partial charge in [-0.15, -0.1) is 13.2 Å². The number of aromatic nitrogens is 1. The SMILES string of the molecule is CC(=O)NC[C@H]1CN(c2ccc3c(c2)CCCc2c(-c4ccccc4OC(F)(F)F)noc2-3)C(=O)O1. The molecule has 3 aromatic rings. The molecule has 0 bridgehead atoms. The summed E-state index contributed by atoms with van der Waals surface area (Å²) in [6, 6.07) is 11.3. The van der Waals surface area contributed by atoms with Gasteiger partial charge in [-0.3, -0.25) is 9.69 Å². The van der Waals surface area contributed by atoms with Crippen molar-refractivity contribution in [3.63, 3.8) is 0 Å². The molecule has 2 aromatic carbocycles. The van der Waals surface area contributed by atoms with Crippen LogP contribution in [0, 0.1) is 0 Å². The summed E-state index contributed by atoms with van der Waals surface area (Å²) in [5.41, 5.74) is 3.55. The fourth-order valence-electron chi connectivity index (χ4n) is 4.57. The Kier molecular flexibility index (Phi) is 6.07. The third-order valence-corrected chi connectivity index (χ3v) is 6.13. The smallest absolute Gasteiger partial charge is 0.442 e. The number of rotatable bonds is 5. The molecule has 0 spiro atoms. The van der Waals surface area contributed by atoms with Crippen molar-refractivity contribution in [2.24, 2.45) is 0 Å². The van der Waals surface area contributed by atoms with Crippen molar-refractivity contribution in [3.8, 4) is 28.3 Å². The number of alkyl halides is 3. The molecule has 1 saturated heterocycles. The normalized spacial score (nSPS) is 17.2. The number of hydrogen-bond acceptors (Lipinski definition) is 6. The molecule has 0 radical (unpaired) electrons. The Morgan fingerprint density at radius 3 is 2.78 bits per heavy atom. The number of para-hydroxylation sites is 1. The molecule has 36 heavy (non-hydrogen) atoms. The number of ether oxygens (including phenoxy) is 2. The van der Waals surface area contributed by atoms with Crippen molar-refractivity contribution in [1.29, 1.82) is 0 Å². The molecular weight excluding hydrogens is 479 g/mol. The van der Waals surface area contributed by atoms with Crippen molar-refractivity contribution >= 4 is 17.7 Å². The first-order chi connectivity index (χ1) is 17.2. The maximum absolute atomic E-state index is 12.9. The number of cyclic esters (lactones) is 1. The zero-order valence-corrected chi connectivity index (χ0v) is 19.2. The number of amides is 2. The Labute approximate surface area is 204 Å². The molecule has 8 nitrogen and oxygen atoms in total. The lowest BCUT2D eigenvalue weighted by Crippen LogP contribution is -2.33. The van der Waals surface area contributed by atoms with Gasteiger partial charge in [0.15, 0.2) is 5.76 Å². The molecule has 188 valence electrons. The molecule has 2 heterocycles. The van der Waals surface area contributed by atoms with Crippen molar-refractivity contribution in [1.82, 2.24) is 10.5 Å². The van der Waals surface area contributed by atoms with Crippen LogP contribution in [-0.4, -0.2) is 42.7 Å². The second-order valence-corrected chi connectivity index (χ2v) is 8.63. The Morgan fingerprint density at radius 2 is 2.00 bits per heavy atom. The van der Waals surface area contributed by atoms with Crippen LogP contribution >= 0.6 is 0 Å². The number of halogens is 3. The van der Waals surface area contributed by atoms with Gasteiger partial charge in [0.25, 0.3) is 0 Å². The van der Waals surface area contributed by atoms with E-state index in [1.165, 1.54) is 30.0 Å². The number of hydrogen-bond donors (Lipinski definition) is 1. The number of aryl methyl sites for hydroxylation is 1. The maximum atomic E-state index is 12.9. The minimum atomic E-state index is -4.84. The Morgan fingerprint density at radius 1 is 1.19 bits per heavy atom. The van der Waals surface area contributed by atoms with Crippen LogP contribution in [0.3, 0.4) is 0 Å². The van der Waals surface area contributed by atoms with Crippen LogP contribution in [0.1, 0.15) is 24.5 Å². The van der Waals surface area contributed by atoms with Crippen LogP contribution in [0.2, 0.25) is 0 Å². The maximum Gasteiger partial charge on any atom is 0.573 e. The van der Waals surface area contributed by atoms with Crippen LogP contribution < -0.4 is 15.0 Å². The van der Waals surface area contributed by atoms with E-state index >= 15 is 0 Å². The summed E-state index contributed by atoms with van der Waals surface area (Å²) in [6.07, 6.45) is -3.87. The van der Waals surface area contributed by atoms with E-state index in [2.05, 4.69) is 15.2 Å². The Balaban J connectivity index is 1.45. The standard InChI is InChI=1S/C25H22F3N3O5/c1-14(32)29-12-17-13-31(24(33)34-17)16-9-10-18-15(11-16)5-4-7-20-22(30-36-23(18)20)19-6-2-3-8-21(19)35-25(26,27)28/h2-3,6,8-11,17H,4-5,7,12-13H2,1H3,(H,29,32)/t17-/m0/s1. The molecule has 1 atom stereocenters. The van der Waals surface area contributed by atoms with Crippen LogP contribution in [0.4, 0.5) is 23.7 Å². The van der Waals surface area contributed by atoms with E-state index in [1.54, 1.807) is 12.1 Å². The third kappa shape index (κ3) is 4.73. The van der Waals surface area contributed by atoms with Gasteiger partial charge in [0.2, 0.25) is 5.91 Å². The van der Waals surface area contributed by atoms with Gasteiger partial charge in [-0.1, -0.05) is 17.3 Å². The summed E-state index contributed by atoms with van der Waals surface area (Å²) in [7, 11) is 0. The second kappa shape index (κ2) is 9.21. The summed E-state index contributed by atoms with van der Waals surface area (Å²) < 4.78 is 54.0. The molecule has 2 amide bonds. The minimum absolute atomic E-state index is 0.199. The fourth-order valence-corrected chi connectivity index (χ4v) is 4.57. The van der Waals surface area contributed by atoms with E-state index in [1.807, 2.05) is 12.1 Å². The van der Waals surface area contributed by atoms with Crippen LogP contribution in [0.5, 0.6) is 5.75 Å². The third-order valence-electron chi connectivity index (χ3n) is 6.13. The van der Waals surface area contributed by atoms with Gasteiger partial charge in [-0.05, 0) is 55.2 Å². The zero-order valence-electron chi connectivity index (χ0n) is 19.2. The molecule has 5 rings (SSSR count). The molecule has 1 aliphatic carbocycles. The number of carbonyl (C=O) groups is 2. The van der Waals surface area contributed by atoms with Crippen molar-refractivity contribution < 1.29 is 36.8 Å². The lowest BCUT2D eigenvalue weighted by Gasteiger charge is -2.15. The van der Waals surface area contributed by atoms with Crippen LogP contribution in [-0.2, 0) is 22.4 Å². The number of carbonyl (C=O) groups excluding carboxylic acids is 2. The first-order valence-corrected chi connectivity index (χ1v) is 11.4. The van der Waals surface area contributed by atoms with Gasteiger partial charge >= 0.3 is 12.5 Å². The number of nitrogens with zero attached hydrogens (tertiary/aromatic N) is 2. The van der Waals surface area contributed by atoms with E-state index in [4.69, 9.17) is 9.26 Å². The van der Waals surface area contributed by atoms with Gasteiger partial charge in [0.1, 0.15) is 17.5 Å². The lowest BCUT2D eigenvalue weighted by atomic mass is 9.99. The highest BCUT2D eigenvalue weighted by Crippen LogP contribution is 2.42. The Bertz CT molecular complexity index is 1320. The number of nitrogens with one attached hydrogen (secondary N) is 1. The predicted molar refractivity (Wildman–Crippen MR) is 122 cm³/mol. The average molecular weight is 501 g/mol. The van der Waals surface area contributed by atoms with E-state index in [0.717, 1.165) is 11.1 Å². The second-order valence-electron chi connectivity index (χ2n) is 8.63. The highest BCUT2D eigenvalue weighted by Gasteiger charge is 2.35. The van der Waals surface area contributed by atoms with Crippen LogP contribution in [0.25, 0.3) is 22.6 Å². The summed E-state index contributed by atoms with van der Waals surface area (Å²) in [6.45, 7) is 1.92. The molecule has 0 unspecified atom stereocenters. The minimum Gasteiger partial charge on any atom is -0.442 e. The Hall–Kier alpha value is -4.02. The first kappa shape index (κ1) is 23.7. The molecule has 1 fully saturated rings. The summed E-state index contributed by atoms with van der Waals surface area (Å²) in [4.78, 5) is 25.1. The van der Waals surface area contributed by atoms with Crippen LogP contribution in [0.15, 0.2) is 47.0 Å². The van der Waals surface area contributed by atoms with Crippen molar-refractivity contribution in [2.75, 3.05) is 18.0 Å². The molecule has 0 saturated carbocycles. The van der Waals surface area contributed by atoms with E-state index in [0.29, 0.717) is 48.5 Å². The van der Waals surface area contributed by atoms with Crippen molar-refractivity contribution in [3.05, 3.63) is 53.6 Å². The topological polar surface area (TPSA) is 93.9 Å². The average Bonchev–Trinajstić information content (AvgIpc) is 3.35. The summed E-state index contributed by atoms with van der Waals surface area (Å²) in [5, 5.41) is 6.76.